The van der Waals surface area contributed by atoms with Gasteiger partial charge in [-0.3, -0.25) is 4.98 Å². The summed E-state index contributed by atoms with van der Waals surface area (Å²) < 4.78 is 55.9. The monoisotopic (exact) mass is 312 g/mol. The van der Waals surface area contributed by atoms with E-state index in [0.717, 1.165) is 6.07 Å². The molecule has 3 aromatic rings. The molecular weight excluding hydrogens is 304 g/mol. The lowest BCUT2D eigenvalue weighted by Gasteiger charge is -2.09. The summed E-state index contributed by atoms with van der Waals surface area (Å²) in [4.78, 5) is 11.7. The van der Waals surface area contributed by atoms with Crippen LogP contribution in [0.25, 0.3) is 16.9 Å². The van der Waals surface area contributed by atoms with Crippen LogP contribution in [0.15, 0.2) is 37.1 Å². The van der Waals surface area contributed by atoms with Gasteiger partial charge in [-0.05, 0) is 6.07 Å². The number of hydrogen-bond acceptors (Lipinski definition) is 4. The molecule has 0 aromatic carbocycles. The largest absolute Gasteiger partial charge is 0.466 e. The van der Waals surface area contributed by atoms with Crippen molar-refractivity contribution in [3.63, 3.8) is 0 Å². The van der Waals surface area contributed by atoms with Gasteiger partial charge >= 0.3 is 6.18 Å². The van der Waals surface area contributed by atoms with Crippen molar-refractivity contribution < 1.29 is 22.3 Å². The minimum absolute atomic E-state index is 0.312. The second-order valence-corrected chi connectivity index (χ2v) is 4.38. The Morgan fingerprint density at radius 3 is 2.68 bits per heavy atom. The van der Waals surface area contributed by atoms with Gasteiger partial charge in [0.05, 0.1) is 11.9 Å². The van der Waals surface area contributed by atoms with Gasteiger partial charge in [-0.2, -0.15) is 13.2 Å². The van der Waals surface area contributed by atoms with E-state index in [1.165, 1.54) is 12.4 Å². The van der Waals surface area contributed by atoms with E-state index >= 15 is 0 Å². The van der Waals surface area contributed by atoms with Crippen molar-refractivity contribution in [3.8, 4) is 17.1 Å². The van der Waals surface area contributed by atoms with Gasteiger partial charge in [-0.25, -0.2) is 14.4 Å². The first kappa shape index (κ1) is 14.2. The van der Waals surface area contributed by atoms with Crippen LogP contribution in [0.3, 0.4) is 0 Å². The molecular formula is C13H8F4N4O. The highest BCUT2D eigenvalue weighted by Crippen LogP contribution is 2.23. The zero-order valence-corrected chi connectivity index (χ0v) is 10.9. The molecule has 0 saturated carbocycles. The standard InChI is InChI=1S/C13H8F4N4O/c14-9-3-8(4-20-12(9)22-7-13(15,16)17)10-6-21-2-1-18-11(21)5-19-10/h1-6H,7H2. The van der Waals surface area contributed by atoms with Crippen molar-refractivity contribution in [3.05, 3.63) is 42.9 Å². The quantitative estimate of drug-likeness (QED) is 0.698. The predicted octanol–water partition coefficient (Wildman–Crippen LogP) is 2.87. The third kappa shape index (κ3) is 2.97. The van der Waals surface area contributed by atoms with Crippen LogP contribution in [0.1, 0.15) is 0 Å². The lowest BCUT2D eigenvalue weighted by atomic mass is 10.2. The number of imidazole rings is 1. The van der Waals surface area contributed by atoms with Gasteiger partial charge < -0.3 is 9.14 Å². The van der Waals surface area contributed by atoms with Crippen molar-refractivity contribution in [1.29, 1.82) is 0 Å². The minimum atomic E-state index is -4.55. The highest BCUT2D eigenvalue weighted by atomic mass is 19.4. The third-order valence-corrected chi connectivity index (χ3v) is 2.75. The molecule has 3 rings (SSSR count). The summed E-state index contributed by atoms with van der Waals surface area (Å²) >= 11 is 0. The van der Waals surface area contributed by atoms with E-state index in [-0.39, 0.29) is 0 Å². The van der Waals surface area contributed by atoms with Gasteiger partial charge in [0.2, 0.25) is 0 Å². The summed E-state index contributed by atoms with van der Waals surface area (Å²) in [5, 5.41) is 0. The maximum Gasteiger partial charge on any atom is 0.422 e. The van der Waals surface area contributed by atoms with Crippen LogP contribution in [0.4, 0.5) is 17.6 Å². The molecule has 0 atom stereocenters. The fourth-order valence-corrected chi connectivity index (χ4v) is 1.80. The van der Waals surface area contributed by atoms with Crippen molar-refractivity contribution in [1.82, 2.24) is 19.4 Å². The van der Waals surface area contributed by atoms with Gasteiger partial charge in [-0.1, -0.05) is 0 Å². The lowest BCUT2D eigenvalue weighted by molar-refractivity contribution is -0.154. The van der Waals surface area contributed by atoms with Crippen LogP contribution in [0, 0.1) is 5.82 Å². The van der Waals surface area contributed by atoms with Crippen LogP contribution in [0.2, 0.25) is 0 Å². The van der Waals surface area contributed by atoms with Gasteiger partial charge in [0.1, 0.15) is 0 Å². The first-order valence-electron chi connectivity index (χ1n) is 6.06. The van der Waals surface area contributed by atoms with Gasteiger partial charge in [0, 0.05) is 30.4 Å². The van der Waals surface area contributed by atoms with Crippen LogP contribution in [0.5, 0.6) is 5.88 Å². The number of hydrogen-bond donors (Lipinski definition) is 0. The summed E-state index contributed by atoms with van der Waals surface area (Å²) in [6.45, 7) is -1.60. The average molecular weight is 312 g/mol. The smallest absolute Gasteiger partial charge is 0.422 e. The van der Waals surface area contributed by atoms with E-state index in [0.29, 0.717) is 16.9 Å². The maximum atomic E-state index is 13.8. The van der Waals surface area contributed by atoms with E-state index in [4.69, 9.17) is 0 Å². The Morgan fingerprint density at radius 1 is 1.14 bits per heavy atom. The van der Waals surface area contributed by atoms with E-state index in [1.54, 1.807) is 23.0 Å². The molecule has 0 fully saturated rings. The van der Waals surface area contributed by atoms with Crippen molar-refractivity contribution in [2.75, 3.05) is 6.61 Å². The molecule has 0 spiro atoms. The highest BCUT2D eigenvalue weighted by Gasteiger charge is 2.29. The number of aromatic nitrogens is 4. The Morgan fingerprint density at radius 2 is 1.95 bits per heavy atom. The molecule has 0 unspecified atom stereocenters. The van der Waals surface area contributed by atoms with E-state index in [2.05, 4.69) is 19.7 Å². The molecule has 3 heterocycles. The zero-order chi connectivity index (χ0) is 15.7. The molecule has 3 aromatic heterocycles. The third-order valence-electron chi connectivity index (χ3n) is 2.75. The number of nitrogens with zero attached hydrogens (tertiary/aromatic N) is 4. The first-order valence-corrected chi connectivity index (χ1v) is 6.06. The second-order valence-electron chi connectivity index (χ2n) is 4.38. The number of halogens is 4. The maximum absolute atomic E-state index is 13.8. The first-order chi connectivity index (χ1) is 10.4. The summed E-state index contributed by atoms with van der Waals surface area (Å²) in [6, 6.07) is 1.02. The zero-order valence-electron chi connectivity index (χ0n) is 10.9. The highest BCUT2D eigenvalue weighted by molar-refractivity contribution is 5.59. The molecule has 0 radical (unpaired) electrons. The van der Waals surface area contributed by atoms with Gasteiger partial charge in [0.15, 0.2) is 18.1 Å². The van der Waals surface area contributed by atoms with E-state index in [9.17, 15) is 17.6 Å². The number of rotatable bonds is 3. The Hall–Kier alpha value is -2.71. The molecule has 0 aliphatic rings. The Labute approximate surface area is 121 Å². The molecule has 0 saturated heterocycles. The van der Waals surface area contributed by atoms with E-state index in [1.807, 2.05) is 0 Å². The normalized spacial score (nSPS) is 11.8. The summed E-state index contributed by atoms with van der Waals surface area (Å²) in [7, 11) is 0. The SMILES string of the molecule is Fc1cc(-c2cn3ccnc3cn2)cnc1OCC(F)(F)F. The predicted molar refractivity (Wildman–Crippen MR) is 67.7 cm³/mol. The molecule has 22 heavy (non-hydrogen) atoms. The van der Waals surface area contributed by atoms with Crippen LogP contribution in [-0.4, -0.2) is 32.1 Å². The van der Waals surface area contributed by atoms with Crippen molar-refractivity contribution in [2.45, 2.75) is 6.18 Å². The average Bonchev–Trinajstić information content (AvgIpc) is 2.92. The summed E-state index contributed by atoms with van der Waals surface area (Å²) in [5.74, 6) is -1.70. The van der Waals surface area contributed by atoms with Crippen molar-refractivity contribution in [2.24, 2.45) is 0 Å². The fourth-order valence-electron chi connectivity index (χ4n) is 1.80. The topological polar surface area (TPSA) is 52.3 Å². The fraction of sp³-hybridized carbons (Fsp3) is 0.154. The Balaban J connectivity index is 1.87. The number of alkyl halides is 3. The molecule has 9 heteroatoms. The molecule has 114 valence electrons. The summed E-state index contributed by atoms with van der Waals surface area (Å²) in [5.41, 5.74) is 1.33. The number of fused-ring (bicyclic) bond motifs is 1. The van der Waals surface area contributed by atoms with Gasteiger partial charge in [-0.15, -0.1) is 0 Å². The number of ether oxygens (including phenoxy) is 1. The lowest BCUT2D eigenvalue weighted by Crippen LogP contribution is -2.20. The van der Waals surface area contributed by atoms with Crippen LogP contribution in [-0.2, 0) is 0 Å². The second kappa shape index (κ2) is 5.24. The van der Waals surface area contributed by atoms with Crippen LogP contribution >= 0.6 is 0 Å². The molecule has 5 nitrogen and oxygen atoms in total. The Kier molecular flexibility index (Phi) is 3.39. The Bertz CT molecular complexity index is 815. The molecule has 0 bridgehead atoms. The van der Waals surface area contributed by atoms with Crippen LogP contribution < -0.4 is 4.74 Å². The molecule has 0 aliphatic carbocycles. The number of pyridine rings is 1. The minimum Gasteiger partial charge on any atom is -0.466 e. The summed E-state index contributed by atoms with van der Waals surface area (Å²) in [6.07, 6.45) is 3.00. The molecule has 0 amide bonds. The van der Waals surface area contributed by atoms with Crippen molar-refractivity contribution >= 4 is 5.65 Å². The molecule has 0 aliphatic heterocycles. The van der Waals surface area contributed by atoms with E-state index < -0.39 is 24.5 Å². The van der Waals surface area contributed by atoms with Gasteiger partial charge in [0.25, 0.3) is 5.88 Å². The molecule has 0 N–H and O–H groups in total.